The number of benzene rings is 7. The van der Waals surface area contributed by atoms with Crippen LogP contribution in [0.5, 0.6) is 0 Å². The van der Waals surface area contributed by atoms with Gasteiger partial charge in [0.05, 0.1) is 11.0 Å². The van der Waals surface area contributed by atoms with Crippen LogP contribution in [0.3, 0.4) is 0 Å². The van der Waals surface area contributed by atoms with E-state index in [0.29, 0.717) is 51.1 Å². The summed E-state index contributed by atoms with van der Waals surface area (Å²) in [6.45, 7) is 9.17. The van der Waals surface area contributed by atoms with Crippen LogP contribution in [-0.4, -0.2) is 50.5 Å². The van der Waals surface area contributed by atoms with Gasteiger partial charge >= 0.3 is 0 Å². The van der Waals surface area contributed by atoms with Crippen molar-refractivity contribution in [3.63, 3.8) is 0 Å². The van der Waals surface area contributed by atoms with Gasteiger partial charge in [0.1, 0.15) is 22.8 Å². The van der Waals surface area contributed by atoms with Gasteiger partial charge in [-0.15, -0.1) is 23.5 Å². The summed E-state index contributed by atoms with van der Waals surface area (Å²) in [4.78, 5) is 4.31. The Morgan fingerprint density at radius 3 is 1.82 bits per heavy atom. The third-order valence-corrected chi connectivity index (χ3v) is 15.5. The van der Waals surface area contributed by atoms with Gasteiger partial charge in [-0.05, 0) is 112 Å². The molecule has 13 heteroatoms. The largest absolute Gasteiger partial charge is 0.456 e. The molecule has 0 saturated heterocycles. The smallest absolute Gasteiger partial charge is 0.295 e. The number of fused-ring (bicyclic) bond motifs is 2. The maximum atomic E-state index is 13.0. The van der Waals surface area contributed by atoms with Gasteiger partial charge < -0.3 is 9.32 Å². The Hall–Kier alpha value is -5.67. The summed E-state index contributed by atoms with van der Waals surface area (Å²) in [6.07, 6.45) is 1.65. The van der Waals surface area contributed by atoms with Gasteiger partial charge in [0.25, 0.3) is 20.2 Å². The first-order chi connectivity index (χ1) is 31.7. The normalized spacial score (nSPS) is 12.5. The van der Waals surface area contributed by atoms with Gasteiger partial charge in [-0.3, -0.25) is 9.11 Å². The highest BCUT2D eigenvalue weighted by atomic mass is 32.2. The zero-order valence-corrected chi connectivity index (χ0v) is 40.4. The minimum atomic E-state index is -4.64. The molecule has 0 aromatic heterocycles. The fraction of sp³-hybridized carbons (Fsp3) is 0.189. The first-order valence-electron chi connectivity index (χ1n) is 21.6. The van der Waals surface area contributed by atoms with Crippen LogP contribution in [0, 0.1) is 27.7 Å². The molecule has 0 atom stereocenters. The average molecular weight is 956 g/mol. The molecule has 0 spiro atoms. The van der Waals surface area contributed by atoms with Crippen molar-refractivity contribution in [2.24, 2.45) is 0 Å². The molecule has 0 radical (unpaired) electrons. The predicted molar refractivity (Wildman–Crippen MR) is 270 cm³/mol. The molecule has 1 aliphatic heterocycles. The fourth-order valence-electron chi connectivity index (χ4n) is 8.71. The molecule has 2 N–H and O–H groups in total. The second-order valence-corrected chi connectivity index (χ2v) is 21.4. The highest BCUT2D eigenvalue weighted by Gasteiger charge is 2.27. The Morgan fingerprint density at radius 2 is 1.20 bits per heavy atom. The van der Waals surface area contributed by atoms with Crippen LogP contribution >= 0.6 is 23.5 Å². The molecule has 9 nitrogen and oxygen atoms in total. The Morgan fingerprint density at radius 1 is 0.591 bits per heavy atom. The van der Waals surface area contributed by atoms with E-state index in [-0.39, 0.29) is 9.79 Å². The molecule has 2 aliphatic rings. The number of aryl methyl sites for hydroxylation is 4. The van der Waals surface area contributed by atoms with Gasteiger partial charge in [0.2, 0.25) is 11.0 Å². The minimum absolute atomic E-state index is 0.177. The fourth-order valence-corrected chi connectivity index (χ4v) is 11.8. The number of para-hydroxylation sites is 1. The summed E-state index contributed by atoms with van der Waals surface area (Å²) < 4.78 is 80.2. The molecule has 0 saturated carbocycles. The van der Waals surface area contributed by atoms with Crippen LogP contribution in [-0.2, 0) is 20.2 Å². The Kier molecular flexibility index (Phi) is 14.2. The van der Waals surface area contributed by atoms with Crippen molar-refractivity contribution in [3.8, 4) is 22.5 Å². The maximum absolute atomic E-state index is 13.0. The van der Waals surface area contributed by atoms with Gasteiger partial charge in [-0.25, -0.2) is 0 Å². The third kappa shape index (κ3) is 10.5. The molecule has 6 aromatic rings. The molecule has 338 valence electrons. The van der Waals surface area contributed by atoms with Gasteiger partial charge in [0.15, 0.2) is 0 Å². The van der Waals surface area contributed by atoms with Crippen LogP contribution in [0.2, 0.25) is 0 Å². The Balaban J connectivity index is 1.33. The third-order valence-electron chi connectivity index (χ3n) is 11.6. The van der Waals surface area contributed by atoms with Crippen LogP contribution in [0.15, 0.2) is 176 Å². The number of hydrogen-bond donors (Lipinski definition) is 2. The van der Waals surface area contributed by atoms with Gasteiger partial charge in [-0.1, -0.05) is 72.8 Å². The molecule has 0 bridgehead atoms. The zero-order chi connectivity index (χ0) is 46.6. The van der Waals surface area contributed by atoms with Crippen molar-refractivity contribution in [1.29, 1.82) is 0 Å². The van der Waals surface area contributed by atoms with E-state index in [1.54, 1.807) is 30.0 Å². The minimum Gasteiger partial charge on any atom is -0.456 e. The summed E-state index contributed by atoms with van der Waals surface area (Å²) >= 11 is 3.57. The molecule has 1 heterocycles. The molecule has 8 rings (SSSR count). The summed E-state index contributed by atoms with van der Waals surface area (Å²) in [6, 6.07) is 48.1. The first-order valence-corrected chi connectivity index (χ1v) is 26.5. The van der Waals surface area contributed by atoms with Crippen molar-refractivity contribution in [2.45, 2.75) is 60.1 Å². The van der Waals surface area contributed by atoms with Crippen LogP contribution in [0.4, 0.5) is 17.1 Å². The highest BCUT2D eigenvalue weighted by Crippen LogP contribution is 2.44. The number of nitrogens with zero attached hydrogens (tertiary/aromatic N) is 2. The van der Waals surface area contributed by atoms with E-state index in [1.807, 2.05) is 86.3 Å². The molecule has 0 fully saturated rings. The van der Waals surface area contributed by atoms with E-state index in [0.717, 1.165) is 69.3 Å². The molecule has 0 amide bonds. The van der Waals surface area contributed by atoms with Crippen molar-refractivity contribution >= 4 is 71.8 Å². The van der Waals surface area contributed by atoms with Crippen molar-refractivity contribution in [1.82, 2.24) is 4.58 Å². The number of anilines is 2. The molecular formula is C53H51N2O7S4+. The standard InChI is InChI=1S/C53H50N2O7S4/c1-36-16-13-17-37(2)52(36)54(28-14-30-63-42-18-7-5-8-19-42)40-24-26-45-48(34-40)62-49-35-41(25-27-46(49)51(45)47-22-11-12-23-50(47)66(59,60)61)55(29-15-31-64-43-20-9-6-10-21-43)53-38(3)32-44(33-39(53)4)65(56,57)58/h5-13,16-27,32-35H,14-15,28-31H2,1-4H3,(H-,56,57,58,59,60,61)/p+1. The lowest BCUT2D eigenvalue weighted by molar-refractivity contribution is 0.481. The summed E-state index contributed by atoms with van der Waals surface area (Å²) in [5, 5.41) is 1.43. The number of thioether (sulfide) groups is 2. The number of hydrogen-bond acceptors (Lipinski definition) is 8. The van der Waals surface area contributed by atoms with Crippen molar-refractivity contribution in [3.05, 3.63) is 179 Å². The van der Waals surface area contributed by atoms with Crippen molar-refractivity contribution in [2.75, 3.05) is 29.5 Å². The van der Waals surface area contributed by atoms with E-state index in [9.17, 15) is 25.9 Å². The number of rotatable bonds is 16. The van der Waals surface area contributed by atoms with Crippen LogP contribution < -0.4 is 14.8 Å². The SMILES string of the molecule is Cc1cccc(C)c1N(CCCSc1ccccc1)c1ccc2c(-c3ccccc3S(=O)(=O)O)c3ccc(=[N+](CCCSc4ccccc4)c4c(C)cc(S(=O)(=O)O)cc4C)cc-3oc2c1. The predicted octanol–water partition coefficient (Wildman–Crippen LogP) is 12.5. The van der Waals surface area contributed by atoms with Gasteiger partial charge in [-0.2, -0.15) is 21.4 Å². The van der Waals surface area contributed by atoms with Crippen LogP contribution in [0.25, 0.3) is 33.4 Å². The summed E-state index contributed by atoms with van der Waals surface area (Å²) in [5.74, 6) is 2.20. The Labute approximate surface area is 395 Å². The lowest BCUT2D eigenvalue weighted by Gasteiger charge is -2.29. The molecular weight excluding hydrogens is 905 g/mol. The van der Waals surface area contributed by atoms with E-state index >= 15 is 0 Å². The highest BCUT2D eigenvalue weighted by molar-refractivity contribution is 7.99. The van der Waals surface area contributed by atoms with Gasteiger partial charge in [0, 0.05) is 85.2 Å². The second kappa shape index (κ2) is 20.1. The van der Waals surface area contributed by atoms with E-state index in [2.05, 4.69) is 77.9 Å². The van der Waals surface area contributed by atoms with Crippen LogP contribution in [0.1, 0.15) is 35.1 Å². The lowest BCUT2D eigenvalue weighted by atomic mass is 9.93. The molecule has 1 aliphatic carbocycles. The van der Waals surface area contributed by atoms with E-state index in [4.69, 9.17) is 4.42 Å². The zero-order valence-electron chi connectivity index (χ0n) is 37.1. The quantitative estimate of drug-likeness (QED) is 0.0318. The lowest BCUT2D eigenvalue weighted by Crippen LogP contribution is -2.28. The first kappa shape index (κ1) is 46.8. The average Bonchev–Trinajstić information content (AvgIpc) is 3.29. The second-order valence-electron chi connectivity index (χ2n) is 16.3. The summed E-state index contributed by atoms with van der Waals surface area (Å²) in [7, 11) is -9.10. The van der Waals surface area contributed by atoms with Crippen molar-refractivity contribution < 1.29 is 30.4 Å². The molecule has 6 aromatic carbocycles. The monoisotopic (exact) mass is 955 g/mol. The Bertz CT molecular complexity index is 3280. The maximum Gasteiger partial charge on any atom is 0.295 e. The van der Waals surface area contributed by atoms with E-state index < -0.39 is 20.2 Å². The summed E-state index contributed by atoms with van der Waals surface area (Å²) in [5.41, 5.74) is 8.46. The molecule has 0 unspecified atom stereocenters. The van der Waals surface area contributed by atoms with E-state index in [1.165, 1.54) is 23.1 Å². The molecule has 66 heavy (non-hydrogen) atoms. The topological polar surface area (TPSA) is 128 Å².